The minimum atomic E-state index is -0.370. The van der Waals surface area contributed by atoms with E-state index in [2.05, 4.69) is 15.2 Å². The zero-order valence-corrected chi connectivity index (χ0v) is 11.9. The van der Waals surface area contributed by atoms with Gasteiger partial charge >= 0.3 is 0 Å². The molecule has 2 N–H and O–H groups in total. The van der Waals surface area contributed by atoms with Crippen molar-refractivity contribution in [1.29, 1.82) is 0 Å². The van der Waals surface area contributed by atoms with Gasteiger partial charge in [-0.05, 0) is 37.3 Å². The molecule has 0 atom stereocenters. The van der Waals surface area contributed by atoms with E-state index in [0.29, 0.717) is 35.1 Å². The van der Waals surface area contributed by atoms with Crippen LogP contribution in [0.4, 0.5) is 4.39 Å². The number of phenolic OH excluding ortho intramolecular Hbond substituents is 1. The normalized spacial score (nSPS) is 10.6. The first-order valence-corrected chi connectivity index (χ1v) is 6.82. The largest absolute Gasteiger partial charge is 0.504 e. The quantitative estimate of drug-likeness (QED) is 0.774. The van der Waals surface area contributed by atoms with Crippen molar-refractivity contribution in [3.8, 4) is 34.3 Å². The van der Waals surface area contributed by atoms with Crippen LogP contribution in [0.5, 0.6) is 11.5 Å². The standard InChI is InChI=1S/C16H14FN3O2/c1-2-22-14-9-10(7-8-13(14)21)15-18-16(20-19-15)11-5-3-4-6-12(11)17/h3-9,21H,2H2,1H3,(H,18,19,20). The lowest BCUT2D eigenvalue weighted by molar-refractivity contribution is 0.318. The van der Waals surface area contributed by atoms with Gasteiger partial charge in [0.05, 0.1) is 12.2 Å². The summed E-state index contributed by atoms with van der Waals surface area (Å²) in [5.74, 6) is 0.789. The van der Waals surface area contributed by atoms with Gasteiger partial charge in [0.15, 0.2) is 23.1 Å². The summed E-state index contributed by atoms with van der Waals surface area (Å²) >= 11 is 0. The number of benzene rings is 2. The Hall–Kier alpha value is -2.89. The van der Waals surface area contributed by atoms with Crippen LogP contribution in [-0.4, -0.2) is 26.9 Å². The van der Waals surface area contributed by atoms with E-state index in [1.54, 1.807) is 30.3 Å². The first kappa shape index (κ1) is 14.1. The molecule has 0 saturated carbocycles. The summed E-state index contributed by atoms with van der Waals surface area (Å²) in [5, 5.41) is 16.5. The van der Waals surface area contributed by atoms with E-state index in [1.807, 2.05) is 6.92 Å². The second-order valence-electron chi connectivity index (χ2n) is 4.60. The van der Waals surface area contributed by atoms with Crippen molar-refractivity contribution in [3.05, 3.63) is 48.3 Å². The summed E-state index contributed by atoms with van der Waals surface area (Å²) < 4.78 is 19.1. The van der Waals surface area contributed by atoms with Crippen molar-refractivity contribution < 1.29 is 14.2 Å². The molecule has 1 heterocycles. The monoisotopic (exact) mass is 299 g/mol. The number of ether oxygens (including phenoxy) is 1. The number of aromatic amines is 1. The van der Waals surface area contributed by atoms with Crippen molar-refractivity contribution in [3.63, 3.8) is 0 Å². The first-order valence-electron chi connectivity index (χ1n) is 6.82. The minimum Gasteiger partial charge on any atom is -0.504 e. The average molecular weight is 299 g/mol. The maximum atomic E-state index is 13.8. The molecule has 0 radical (unpaired) electrons. The Morgan fingerprint density at radius 3 is 2.82 bits per heavy atom. The van der Waals surface area contributed by atoms with Crippen molar-refractivity contribution in [2.45, 2.75) is 6.92 Å². The molecule has 0 fully saturated rings. The van der Waals surface area contributed by atoms with Gasteiger partial charge < -0.3 is 9.84 Å². The van der Waals surface area contributed by atoms with E-state index in [4.69, 9.17) is 4.74 Å². The number of rotatable bonds is 4. The summed E-state index contributed by atoms with van der Waals surface area (Å²) in [6.07, 6.45) is 0. The fraction of sp³-hybridized carbons (Fsp3) is 0.125. The highest BCUT2D eigenvalue weighted by Gasteiger charge is 2.12. The Bertz CT molecular complexity index is 802. The van der Waals surface area contributed by atoms with E-state index in [1.165, 1.54) is 12.1 Å². The van der Waals surface area contributed by atoms with Crippen molar-refractivity contribution >= 4 is 0 Å². The number of H-pyrrole nitrogens is 1. The molecule has 0 spiro atoms. The minimum absolute atomic E-state index is 0.0514. The number of hydrogen-bond acceptors (Lipinski definition) is 4. The first-order chi connectivity index (χ1) is 10.7. The molecule has 0 amide bonds. The molecule has 0 saturated heterocycles. The Morgan fingerprint density at radius 2 is 2.05 bits per heavy atom. The number of aromatic hydroxyl groups is 1. The van der Waals surface area contributed by atoms with Crippen LogP contribution < -0.4 is 4.74 Å². The number of hydrogen-bond donors (Lipinski definition) is 2. The number of halogens is 1. The number of aromatic nitrogens is 3. The fourth-order valence-corrected chi connectivity index (χ4v) is 2.09. The predicted molar refractivity (Wildman–Crippen MR) is 80.0 cm³/mol. The fourth-order valence-electron chi connectivity index (χ4n) is 2.09. The highest BCUT2D eigenvalue weighted by molar-refractivity contribution is 5.64. The average Bonchev–Trinajstić information content (AvgIpc) is 3.00. The lowest BCUT2D eigenvalue weighted by Crippen LogP contribution is -1.92. The lowest BCUT2D eigenvalue weighted by Gasteiger charge is -2.06. The van der Waals surface area contributed by atoms with E-state index in [9.17, 15) is 9.50 Å². The van der Waals surface area contributed by atoms with Gasteiger partial charge in [-0.25, -0.2) is 9.37 Å². The summed E-state index contributed by atoms with van der Waals surface area (Å²) in [4.78, 5) is 4.30. The molecule has 2 aromatic carbocycles. The van der Waals surface area contributed by atoms with Crippen LogP contribution in [0, 0.1) is 5.82 Å². The molecule has 3 aromatic rings. The SMILES string of the molecule is CCOc1cc(-c2n[nH]c(-c3ccccc3F)n2)ccc1O. The molecule has 0 aliphatic rings. The molecular weight excluding hydrogens is 285 g/mol. The van der Waals surface area contributed by atoms with Crippen LogP contribution in [-0.2, 0) is 0 Å². The topological polar surface area (TPSA) is 71.0 Å². The highest BCUT2D eigenvalue weighted by atomic mass is 19.1. The maximum absolute atomic E-state index is 13.8. The number of phenols is 1. The van der Waals surface area contributed by atoms with Gasteiger partial charge in [0.1, 0.15) is 5.82 Å². The summed E-state index contributed by atoms with van der Waals surface area (Å²) in [7, 11) is 0. The molecule has 1 aromatic heterocycles. The van der Waals surface area contributed by atoms with Gasteiger partial charge in [-0.1, -0.05) is 12.1 Å². The molecule has 0 aliphatic carbocycles. The van der Waals surface area contributed by atoms with E-state index >= 15 is 0 Å². The maximum Gasteiger partial charge on any atom is 0.181 e. The van der Waals surface area contributed by atoms with Crippen molar-refractivity contribution in [1.82, 2.24) is 15.2 Å². The van der Waals surface area contributed by atoms with Crippen LogP contribution in [0.1, 0.15) is 6.92 Å². The highest BCUT2D eigenvalue weighted by Crippen LogP contribution is 2.31. The predicted octanol–water partition coefficient (Wildman–Crippen LogP) is 3.38. The van der Waals surface area contributed by atoms with Gasteiger partial charge in [0, 0.05) is 5.56 Å². The Kier molecular flexibility index (Phi) is 3.74. The second-order valence-corrected chi connectivity index (χ2v) is 4.60. The number of nitrogens with one attached hydrogen (secondary N) is 1. The Morgan fingerprint density at radius 1 is 1.23 bits per heavy atom. The third kappa shape index (κ3) is 2.63. The second kappa shape index (κ2) is 5.85. The van der Waals surface area contributed by atoms with Crippen molar-refractivity contribution in [2.24, 2.45) is 0 Å². The summed E-state index contributed by atoms with van der Waals surface area (Å²) in [6.45, 7) is 2.26. The zero-order valence-electron chi connectivity index (χ0n) is 11.9. The van der Waals surface area contributed by atoms with Gasteiger partial charge in [0.25, 0.3) is 0 Å². The number of nitrogens with zero attached hydrogens (tertiary/aromatic N) is 2. The molecule has 6 heteroatoms. The van der Waals surface area contributed by atoms with Gasteiger partial charge in [-0.2, -0.15) is 5.10 Å². The van der Waals surface area contributed by atoms with Crippen LogP contribution in [0.15, 0.2) is 42.5 Å². The molecular formula is C16H14FN3O2. The van der Waals surface area contributed by atoms with E-state index in [-0.39, 0.29) is 11.6 Å². The lowest BCUT2D eigenvalue weighted by atomic mass is 10.2. The van der Waals surface area contributed by atoms with Gasteiger partial charge in [-0.15, -0.1) is 0 Å². The van der Waals surface area contributed by atoms with Crippen LogP contribution in [0.25, 0.3) is 22.8 Å². The van der Waals surface area contributed by atoms with Crippen LogP contribution in [0.2, 0.25) is 0 Å². The molecule has 0 bridgehead atoms. The van der Waals surface area contributed by atoms with Crippen LogP contribution in [0.3, 0.4) is 0 Å². The Balaban J connectivity index is 1.97. The molecule has 0 unspecified atom stereocenters. The molecule has 5 nitrogen and oxygen atoms in total. The third-order valence-electron chi connectivity index (χ3n) is 3.13. The van der Waals surface area contributed by atoms with Crippen molar-refractivity contribution in [2.75, 3.05) is 6.61 Å². The molecule has 3 rings (SSSR count). The molecule has 112 valence electrons. The molecule has 0 aliphatic heterocycles. The third-order valence-corrected chi connectivity index (χ3v) is 3.13. The van der Waals surface area contributed by atoms with Gasteiger partial charge in [0.2, 0.25) is 0 Å². The van der Waals surface area contributed by atoms with E-state index < -0.39 is 0 Å². The smallest absolute Gasteiger partial charge is 0.181 e. The van der Waals surface area contributed by atoms with E-state index in [0.717, 1.165) is 0 Å². The van der Waals surface area contributed by atoms with Crippen LogP contribution >= 0.6 is 0 Å². The van der Waals surface area contributed by atoms with Gasteiger partial charge in [-0.3, -0.25) is 5.10 Å². The zero-order chi connectivity index (χ0) is 15.5. The molecule has 22 heavy (non-hydrogen) atoms. The summed E-state index contributed by atoms with van der Waals surface area (Å²) in [6, 6.07) is 11.2. The Labute approximate surface area is 126 Å². The summed E-state index contributed by atoms with van der Waals surface area (Å²) in [5.41, 5.74) is 1.02.